The van der Waals surface area contributed by atoms with E-state index in [9.17, 15) is 13.6 Å². The molecule has 0 aromatic carbocycles. The van der Waals surface area contributed by atoms with Gasteiger partial charge in [0, 0.05) is 25.2 Å². The van der Waals surface area contributed by atoms with E-state index in [0.29, 0.717) is 18.4 Å². The number of rotatable bonds is 7. The molecule has 0 aromatic rings. The lowest BCUT2D eigenvalue weighted by atomic mass is 9.68. The van der Waals surface area contributed by atoms with Gasteiger partial charge < -0.3 is 15.4 Å². The van der Waals surface area contributed by atoms with E-state index in [2.05, 4.69) is 34.2 Å². The molecule has 0 aromatic heterocycles. The molecule has 1 fully saturated rings. The normalized spacial score (nSPS) is 18.6. The smallest absolute Gasteiger partial charge is 0.388 e. The number of amides is 2. The third-order valence-electron chi connectivity index (χ3n) is 3.71. The number of aliphatic imine (C=N–C) groups is 1. The van der Waals surface area contributed by atoms with E-state index < -0.39 is 6.61 Å². The van der Waals surface area contributed by atoms with Crippen molar-refractivity contribution in [3.05, 3.63) is 11.6 Å². The van der Waals surface area contributed by atoms with Gasteiger partial charge in [0.1, 0.15) is 0 Å². The lowest BCUT2D eigenvalue weighted by Gasteiger charge is -2.42. The van der Waals surface area contributed by atoms with Crippen molar-refractivity contribution >= 4 is 11.9 Å². The molecule has 1 saturated carbocycles. The zero-order valence-electron chi connectivity index (χ0n) is 14.3. The summed E-state index contributed by atoms with van der Waals surface area (Å²) in [5.41, 5.74) is 1.06. The predicted molar refractivity (Wildman–Crippen MR) is 86.8 cm³/mol. The van der Waals surface area contributed by atoms with Gasteiger partial charge in [-0.05, 0) is 37.2 Å². The van der Waals surface area contributed by atoms with E-state index in [1.807, 2.05) is 6.92 Å². The second-order valence-corrected chi connectivity index (χ2v) is 6.44. The fourth-order valence-electron chi connectivity index (χ4n) is 2.62. The average Bonchev–Trinajstić information content (AvgIpc) is 2.40. The molecule has 2 amide bonds. The van der Waals surface area contributed by atoms with Gasteiger partial charge >= 0.3 is 12.6 Å². The standard InChI is InChI=1S/C16H27F2N3O2/c1-5-11(7-13(19-6-2)23-14(17)18)10-20-15(22)21-12-8-16(3,4)9-12/h7,12,14H,5-6,8-10H2,1-4H3,(H2,20,21,22)/b11-7+,19-13?. The number of urea groups is 1. The summed E-state index contributed by atoms with van der Waals surface area (Å²) in [6.45, 7) is 5.66. The van der Waals surface area contributed by atoms with Gasteiger partial charge in [0.05, 0.1) is 0 Å². The molecule has 1 rings (SSSR count). The first-order chi connectivity index (χ1) is 10.8. The van der Waals surface area contributed by atoms with Gasteiger partial charge in [-0.3, -0.25) is 4.99 Å². The number of halogens is 2. The van der Waals surface area contributed by atoms with Crippen LogP contribution in [0, 0.1) is 5.41 Å². The van der Waals surface area contributed by atoms with E-state index in [1.165, 1.54) is 6.08 Å². The van der Waals surface area contributed by atoms with E-state index in [-0.39, 0.29) is 24.5 Å². The first-order valence-electron chi connectivity index (χ1n) is 7.98. The van der Waals surface area contributed by atoms with E-state index >= 15 is 0 Å². The molecule has 0 bridgehead atoms. The molecular weight excluding hydrogens is 304 g/mol. The van der Waals surface area contributed by atoms with Crippen LogP contribution in [0.3, 0.4) is 0 Å². The molecule has 23 heavy (non-hydrogen) atoms. The zero-order valence-corrected chi connectivity index (χ0v) is 14.3. The lowest BCUT2D eigenvalue weighted by Crippen LogP contribution is -2.51. The van der Waals surface area contributed by atoms with Crippen LogP contribution in [0.2, 0.25) is 0 Å². The molecule has 1 aliphatic rings. The summed E-state index contributed by atoms with van der Waals surface area (Å²) in [4.78, 5) is 15.7. The lowest BCUT2D eigenvalue weighted by molar-refractivity contribution is -0.0595. The molecule has 7 heteroatoms. The SMILES string of the molecule is CCN=C(/C=C(\CC)CNC(=O)NC1CC(C)(C)C1)OC(F)F. The first-order valence-corrected chi connectivity index (χ1v) is 7.98. The van der Waals surface area contributed by atoms with Crippen molar-refractivity contribution in [2.45, 2.75) is 59.6 Å². The van der Waals surface area contributed by atoms with Gasteiger partial charge in [-0.1, -0.05) is 20.8 Å². The van der Waals surface area contributed by atoms with Gasteiger partial charge in [-0.25, -0.2) is 4.79 Å². The number of hydrogen-bond acceptors (Lipinski definition) is 3. The maximum atomic E-state index is 12.3. The highest BCUT2D eigenvalue weighted by atomic mass is 19.3. The maximum absolute atomic E-state index is 12.3. The minimum atomic E-state index is -2.91. The van der Waals surface area contributed by atoms with Gasteiger partial charge in [0.15, 0.2) is 0 Å². The van der Waals surface area contributed by atoms with Crippen LogP contribution in [-0.4, -0.2) is 37.7 Å². The summed E-state index contributed by atoms with van der Waals surface area (Å²) >= 11 is 0. The molecule has 0 saturated heterocycles. The summed E-state index contributed by atoms with van der Waals surface area (Å²) in [5.74, 6) is -0.109. The molecule has 0 spiro atoms. The molecule has 1 aliphatic carbocycles. The van der Waals surface area contributed by atoms with Gasteiger partial charge in [-0.15, -0.1) is 0 Å². The van der Waals surface area contributed by atoms with Crippen molar-refractivity contribution in [3.63, 3.8) is 0 Å². The van der Waals surface area contributed by atoms with Crippen LogP contribution < -0.4 is 10.6 Å². The fourth-order valence-corrected chi connectivity index (χ4v) is 2.62. The number of hydrogen-bond donors (Lipinski definition) is 2. The largest absolute Gasteiger partial charge is 0.417 e. The van der Waals surface area contributed by atoms with Crippen LogP contribution in [0.5, 0.6) is 0 Å². The van der Waals surface area contributed by atoms with Crippen LogP contribution >= 0.6 is 0 Å². The molecule has 2 N–H and O–H groups in total. The number of carbonyl (C=O) groups excluding carboxylic acids is 1. The Bertz CT molecular complexity index is 454. The Labute approximate surface area is 136 Å². The number of nitrogens with zero attached hydrogens (tertiary/aromatic N) is 1. The van der Waals surface area contributed by atoms with E-state index in [0.717, 1.165) is 18.4 Å². The molecule has 0 unspecified atom stereocenters. The van der Waals surface area contributed by atoms with Gasteiger partial charge in [0.2, 0.25) is 5.90 Å². The van der Waals surface area contributed by atoms with Crippen molar-refractivity contribution in [2.24, 2.45) is 10.4 Å². The number of alkyl halides is 2. The summed E-state index contributed by atoms with van der Waals surface area (Å²) in [6.07, 6.45) is 3.99. The highest BCUT2D eigenvalue weighted by Crippen LogP contribution is 2.39. The monoisotopic (exact) mass is 331 g/mol. The molecule has 0 atom stereocenters. The van der Waals surface area contributed by atoms with Crippen LogP contribution in [0.4, 0.5) is 13.6 Å². The Morgan fingerprint density at radius 2 is 2.04 bits per heavy atom. The summed E-state index contributed by atoms with van der Waals surface area (Å²) in [7, 11) is 0. The second-order valence-electron chi connectivity index (χ2n) is 6.44. The molecular formula is C16H27F2N3O2. The van der Waals surface area contributed by atoms with Crippen molar-refractivity contribution in [2.75, 3.05) is 13.1 Å². The maximum Gasteiger partial charge on any atom is 0.388 e. The Morgan fingerprint density at radius 1 is 1.39 bits per heavy atom. The molecule has 0 heterocycles. The number of nitrogens with one attached hydrogen (secondary N) is 2. The molecule has 0 aliphatic heterocycles. The summed E-state index contributed by atoms with van der Waals surface area (Å²) in [5, 5.41) is 5.65. The first kappa shape index (κ1) is 19.4. The van der Waals surface area contributed by atoms with Crippen LogP contribution in [0.1, 0.15) is 47.0 Å². The van der Waals surface area contributed by atoms with Crippen molar-refractivity contribution in [3.8, 4) is 0 Å². The fraction of sp³-hybridized carbons (Fsp3) is 0.750. The Balaban J connectivity index is 2.46. The number of ether oxygens (including phenoxy) is 1. The summed E-state index contributed by atoms with van der Waals surface area (Å²) in [6, 6.07) is -0.0351. The van der Waals surface area contributed by atoms with E-state index in [1.54, 1.807) is 6.92 Å². The van der Waals surface area contributed by atoms with Crippen LogP contribution in [-0.2, 0) is 4.74 Å². The molecule has 0 radical (unpaired) electrons. The topological polar surface area (TPSA) is 62.7 Å². The van der Waals surface area contributed by atoms with Crippen molar-refractivity contribution in [1.82, 2.24) is 10.6 Å². The molecule has 5 nitrogen and oxygen atoms in total. The van der Waals surface area contributed by atoms with Crippen LogP contribution in [0.25, 0.3) is 0 Å². The Morgan fingerprint density at radius 3 is 2.52 bits per heavy atom. The van der Waals surface area contributed by atoms with Crippen molar-refractivity contribution in [1.29, 1.82) is 0 Å². The minimum Gasteiger partial charge on any atom is -0.417 e. The van der Waals surface area contributed by atoms with E-state index in [4.69, 9.17) is 0 Å². The van der Waals surface area contributed by atoms with Gasteiger partial charge in [-0.2, -0.15) is 8.78 Å². The highest BCUT2D eigenvalue weighted by molar-refractivity contribution is 5.88. The molecule has 132 valence electrons. The zero-order chi connectivity index (χ0) is 17.5. The third kappa shape index (κ3) is 7.43. The van der Waals surface area contributed by atoms with Crippen molar-refractivity contribution < 1.29 is 18.3 Å². The Kier molecular flexibility index (Phi) is 7.45. The Hall–Kier alpha value is -1.66. The average molecular weight is 331 g/mol. The second kappa shape index (κ2) is 8.84. The van der Waals surface area contributed by atoms with Crippen LogP contribution in [0.15, 0.2) is 16.6 Å². The third-order valence-corrected chi connectivity index (χ3v) is 3.71. The minimum absolute atomic E-state index is 0.109. The summed E-state index contributed by atoms with van der Waals surface area (Å²) < 4.78 is 29.0. The predicted octanol–water partition coefficient (Wildman–Crippen LogP) is 3.47. The quantitative estimate of drug-likeness (QED) is 0.554. The number of carbonyl (C=O) groups is 1. The van der Waals surface area contributed by atoms with Gasteiger partial charge in [0.25, 0.3) is 0 Å². The highest BCUT2D eigenvalue weighted by Gasteiger charge is 2.36.